The Morgan fingerprint density at radius 1 is 0.654 bits per heavy atom. The van der Waals surface area contributed by atoms with Gasteiger partial charge < -0.3 is 4.90 Å². The fourth-order valence-electron chi connectivity index (χ4n) is 2.55. The lowest BCUT2D eigenvalue weighted by Crippen LogP contribution is -2.28. The van der Waals surface area contributed by atoms with Gasteiger partial charge in [-0.3, -0.25) is 14.5 Å². The average Bonchev–Trinajstić information content (AvgIpc) is 2.69. The van der Waals surface area contributed by atoms with Crippen LogP contribution < -0.4 is 4.90 Å². The van der Waals surface area contributed by atoms with E-state index in [1.54, 1.807) is 37.2 Å². The summed E-state index contributed by atoms with van der Waals surface area (Å²) in [5, 5.41) is 0. The summed E-state index contributed by atoms with van der Waals surface area (Å²) < 4.78 is 0. The lowest BCUT2D eigenvalue weighted by Gasteiger charge is -2.23. The number of para-hydroxylation sites is 2. The van der Waals surface area contributed by atoms with E-state index < -0.39 is 0 Å². The summed E-state index contributed by atoms with van der Waals surface area (Å²) in [7, 11) is 3.30. The van der Waals surface area contributed by atoms with Gasteiger partial charge in [0, 0.05) is 25.5 Å². The van der Waals surface area contributed by atoms with E-state index in [1.165, 1.54) is 4.90 Å². The summed E-state index contributed by atoms with van der Waals surface area (Å²) in [5.41, 5.74) is 1.91. The van der Waals surface area contributed by atoms with Crippen molar-refractivity contribution in [2.45, 2.75) is 0 Å². The number of hydrogen-bond acceptors (Lipinski definition) is 3. The molecule has 3 rings (SSSR count). The second-order valence-electron chi connectivity index (χ2n) is 5.92. The highest BCUT2D eigenvalue weighted by Gasteiger charge is 2.22. The number of anilines is 2. The molecule has 0 aliphatic heterocycles. The average molecular weight is 345 g/mol. The van der Waals surface area contributed by atoms with Gasteiger partial charge in [0.05, 0.1) is 0 Å². The van der Waals surface area contributed by atoms with Crippen LogP contribution in [0.3, 0.4) is 0 Å². The van der Waals surface area contributed by atoms with Gasteiger partial charge in [-0.15, -0.1) is 0 Å². The van der Waals surface area contributed by atoms with Gasteiger partial charge in [-0.25, -0.2) is 4.98 Å². The molecule has 26 heavy (non-hydrogen) atoms. The van der Waals surface area contributed by atoms with Crippen molar-refractivity contribution < 1.29 is 9.59 Å². The zero-order chi connectivity index (χ0) is 18.5. The third-order valence-electron chi connectivity index (χ3n) is 3.83. The molecular formula is C21H19N3O2. The summed E-state index contributed by atoms with van der Waals surface area (Å²) in [6.45, 7) is 0. The molecule has 0 fully saturated rings. The number of nitrogens with zero attached hydrogens (tertiary/aromatic N) is 3. The third-order valence-corrected chi connectivity index (χ3v) is 3.83. The maximum Gasteiger partial charge on any atom is 0.281 e. The molecule has 0 radical (unpaired) electrons. The molecule has 0 aliphatic carbocycles. The van der Waals surface area contributed by atoms with Crippen LogP contribution in [0.15, 0.2) is 78.9 Å². The van der Waals surface area contributed by atoms with E-state index >= 15 is 0 Å². The second kappa shape index (κ2) is 7.61. The standard InChI is InChI=1S/C21H19N3O2/c1-23(2)20(25)18-14-9-15-19(22-18)21(26)24(16-10-5-3-6-11-16)17-12-7-4-8-13-17/h3-15H,1-2H3. The molecule has 0 spiro atoms. The van der Waals surface area contributed by atoms with Crippen molar-refractivity contribution in [3.05, 3.63) is 90.3 Å². The van der Waals surface area contributed by atoms with Crippen molar-refractivity contribution in [3.63, 3.8) is 0 Å². The SMILES string of the molecule is CN(C)C(=O)c1cccc(C(=O)N(c2ccccc2)c2ccccc2)n1. The number of pyridine rings is 1. The van der Waals surface area contributed by atoms with Crippen LogP contribution in [-0.2, 0) is 0 Å². The van der Waals surface area contributed by atoms with Crippen molar-refractivity contribution >= 4 is 23.2 Å². The van der Waals surface area contributed by atoms with E-state index in [0.29, 0.717) is 0 Å². The fourth-order valence-corrected chi connectivity index (χ4v) is 2.55. The molecule has 5 nitrogen and oxygen atoms in total. The maximum absolute atomic E-state index is 13.2. The van der Waals surface area contributed by atoms with E-state index in [4.69, 9.17) is 0 Å². The maximum atomic E-state index is 13.2. The molecular weight excluding hydrogens is 326 g/mol. The monoisotopic (exact) mass is 345 g/mol. The van der Waals surface area contributed by atoms with Crippen molar-refractivity contribution in [3.8, 4) is 0 Å². The zero-order valence-electron chi connectivity index (χ0n) is 14.7. The Bertz CT molecular complexity index is 869. The molecule has 0 saturated heterocycles. The molecule has 1 aromatic heterocycles. The molecule has 0 bridgehead atoms. The van der Waals surface area contributed by atoms with Crippen molar-refractivity contribution in [2.24, 2.45) is 0 Å². The Labute approximate surface area is 152 Å². The van der Waals surface area contributed by atoms with Crippen LogP contribution in [0.1, 0.15) is 21.0 Å². The van der Waals surface area contributed by atoms with Crippen LogP contribution in [0.25, 0.3) is 0 Å². The highest BCUT2D eigenvalue weighted by molar-refractivity contribution is 6.10. The van der Waals surface area contributed by atoms with Crippen LogP contribution in [0.2, 0.25) is 0 Å². The summed E-state index contributed by atoms with van der Waals surface area (Å²) in [5.74, 6) is -0.540. The Hall–Kier alpha value is -3.47. The summed E-state index contributed by atoms with van der Waals surface area (Å²) >= 11 is 0. The van der Waals surface area contributed by atoms with Crippen LogP contribution >= 0.6 is 0 Å². The predicted octanol–water partition coefficient (Wildman–Crippen LogP) is 3.76. The largest absolute Gasteiger partial charge is 0.343 e. The van der Waals surface area contributed by atoms with Gasteiger partial charge in [0.1, 0.15) is 11.4 Å². The normalized spacial score (nSPS) is 10.2. The number of benzene rings is 2. The third kappa shape index (κ3) is 3.62. The lowest BCUT2D eigenvalue weighted by molar-refractivity contribution is 0.0822. The van der Waals surface area contributed by atoms with E-state index in [0.717, 1.165) is 11.4 Å². The van der Waals surface area contributed by atoms with Crippen LogP contribution in [-0.4, -0.2) is 35.8 Å². The van der Waals surface area contributed by atoms with Crippen LogP contribution in [0.4, 0.5) is 11.4 Å². The minimum absolute atomic E-state index is 0.213. The first-order chi connectivity index (χ1) is 12.6. The Kier molecular flexibility index (Phi) is 5.08. The molecule has 5 heteroatoms. The molecule has 0 aliphatic rings. The zero-order valence-corrected chi connectivity index (χ0v) is 14.7. The predicted molar refractivity (Wildman–Crippen MR) is 102 cm³/mol. The van der Waals surface area contributed by atoms with Crippen LogP contribution in [0, 0.1) is 0 Å². The van der Waals surface area contributed by atoms with Gasteiger partial charge in [0.2, 0.25) is 0 Å². The number of carbonyl (C=O) groups excluding carboxylic acids is 2. The first kappa shape index (κ1) is 17.4. The molecule has 1 heterocycles. The molecule has 0 saturated carbocycles. The summed E-state index contributed by atoms with van der Waals surface area (Å²) in [6.07, 6.45) is 0. The topological polar surface area (TPSA) is 53.5 Å². The van der Waals surface area contributed by atoms with Gasteiger partial charge in [-0.2, -0.15) is 0 Å². The molecule has 2 aromatic carbocycles. The molecule has 3 aromatic rings. The van der Waals surface area contributed by atoms with E-state index in [9.17, 15) is 9.59 Å². The molecule has 0 atom stereocenters. The summed E-state index contributed by atoms with van der Waals surface area (Å²) in [6, 6.07) is 23.6. The second-order valence-corrected chi connectivity index (χ2v) is 5.92. The molecule has 130 valence electrons. The van der Waals surface area contributed by atoms with Crippen LogP contribution in [0.5, 0.6) is 0 Å². The van der Waals surface area contributed by atoms with Gasteiger partial charge in [0.25, 0.3) is 11.8 Å². The van der Waals surface area contributed by atoms with Gasteiger partial charge in [-0.1, -0.05) is 42.5 Å². The quantitative estimate of drug-likeness (QED) is 0.723. The van der Waals surface area contributed by atoms with E-state index in [2.05, 4.69) is 4.98 Å². The highest BCUT2D eigenvalue weighted by atomic mass is 16.2. The van der Waals surface area contributed by atoms with E-state index in [-0.39, 0.29) is 23.2 Å². The Morgan fingerprint density at radius 2 is 1.12 bits per heavy atom. The molecule has 0 N–H and O–H groups in total. The minimum Gasteiger partial charge on any atom is -0.343 e. The summed E-state index contributed by atoms with van der Waals surface area (Å²) in [4.78, 5) is 32.7. The number of hydrogen-bond donors (Lipinski definition) is 0. The van der Waals surface area contributed by atoms with Gasteiger partial charge >= 0.3 is 0 Å². The lowest BCUT2D eigenvalue weighted by atomic mass is 10.2. The molecule has 0 unspecified atom stereocenters. The Morgan fingerprint density at radius 3 is 1.58 bits per heavy atom. The van der Waals surface area contributed by atoms with Gasteiger partial charge in [-0.05, 0) is 36.4 Å². The van der Waals surface area contributed by atoms with Crippen molar-refractivity contribution in [2.75, 3.05) is 19.0 Å². The Balaban J connectivity index is 2.04. The van der Waals surface area contributed by atoms with E-state index in [1.807, 2.05) is 60.7 Å². The number of rotatable bonds is 4. The smallest absolute Gasteiger partial charge is 0.281 e. The number of amides is 2. The molecule has 2 amide bonds. The van der Waals surface area contributed by atoms with Crippen molar-refractivity contribution in [1.82, 2.24) is 9.88 Å². The number of carbonyl (C=O) groups is 2. The first-order valence-electron chi connectivity index (χ1n) is 8.21. The number of aromatic nitrogens is 1. The fraction of sp³-hybridized carbons (Fsp3) is 0.0952. The minimum atomic E-state index is -0.296. The van der Waals surface area contributed by atoms with Crippen molar-refractivity contribution in [1.29, 1.82) is 0 Å². The highest BCUT2D eigenvalue weighted by Crippen LogP contribution is 2.26. The van der Waals surface area contributed by atoms with Gasteiger partial charge in [0.15, 0.2) is 0 Å². The first-order valence-corrected chi connectivity index (χ1v) is 8.21.